The predicted molar refractivity (Wildman–Crippen MR) is 76.0 cm³/mol. The highest BCUT2D eigenvalue weighted by Crippen LogP contribution is 2.33. The summed E-state index contributed by atoms with van der Waals surface area (Å²) in [6, 6.07) is 9.04. The van der Waals surface area contributed by atoms with Crippen LogP contribution < -0.4 is 14.2 Å². The molecular weight excluding hydrogens is 275 g/mol. The smallest absolute Gasteiger partial charge is 0.173 e. The fourth-order valence-corrected chi connectivity index (χ4v) is 1.85. The zero-order chi connectivity index (χ0) is 15.4. The zero-order valence-corrected chi connectivity index (χ0v) is 12.0. The third-order valence-electron chi connectivity index (χ3n) is 2.89. The molecule has 0 aliphatic heterocycles. The Balaban J connectivity index is 2.45. The van der Waals surface area contributed by atoms with Gasteiger partial charge < -0.3 is 14.2 Å². The SMILES string of the molecule is COc1cc(OC)cc(Oc2c(F)cccc2C(C)=O)c1. The number of ether oxygens (including phenoxy) is 3. The molecule has 0 amide bonds. The predicted octanol–water partition coefficient (Wildman–Crippen LogP) is 3.84. The normalized spacial score (nSPS) is 10.1. The van der Waals surface area contributed by atoms with Gasteiger partial charge in [0.15, 0.2) is 17.3 Å². The van der Waals surface area contributed by atoms with Crippen LogP contribution in [-0.2, 0) is 0 Å². The molecule has 0 spiro atoms. The van der Waals surface area contributed by atoms with E-state index in [4.69, 9.17) is 14.2 Å². The van der Waals surface area contributed by atoms with Crippen molar-refractivity contribution in [3.63, 3.8) is 0 Å². The number of methoxy groups -OCH3 is 2. The summed E-state index contributed by atoms with van der Waals surface area (Å²) in [5.41, 5.74) is 0.178. The Kier molecular flexibility index (Phi) is 4.42. The quantitative estimate of drug-likeness (QED) is 0.785. The van der Waals surface area contributed by atoms with Gasteiger partial charge >= 0.3 is 0 Å². The molecule has 110 valence electrons. The summed E-state index contributed by atoms with van der Waals surface area (Å²) in [5.74, 6) is 0.332. The zero-order valence-electron chi connectivity index (χ0n) is 12.0. The third-order valence-corrected chi connectivity index (χ3v) is 2.89. The molecule has 0 bridgehead atoms. The summed E-state index contributed by atoms with van der Waals surface area (Å²) in [4.78, 5) is 11.6. The molecule has 0 aliphatic carbocycles. The first kappa shape index (κ1) is 14.8. The van der Waals surface area contributed by atoms with Crippen molar-refractivity contribution in [1.82, 2.24) is 0 Å². The average Bonchev–Trinajstić information content (AvgIpc) is 2.48. The summed E-state index contributed by atoms with van der Waals surface area (Å²) < 4.78 is 29.7. The van der Waals surface area contributed by atoms with Gasteiger partial charge in [0.1, 0.15) is 17.2 Å². The van der Waals surface area contributed by atoms with E-state index in [1.54, 1.807) is 18.2 Å². The first-order chi connectivity index (χ1) is 10.0. The fraction of sp³-hybridized carbons (Fsp3) is 0.188. The highest BCUT2D eigenvalue weighted by atomic mass is 19.1. The Morgan fingerprint density at radius 2 is 1.57 bits per heavy atom. The van der Waals surface area contributed by atoms with E-state index in [1.807, 2.05) is 0 Å². The maximum absolute atomic E-state index is 13.9. The molecule has 2 rings (SSSR count). The molecule has 5 heteroatoms. The summed E-state index contributed by atoms with van der Waals surface area (Å²) in [7, 11) is 3.01. The van der Waals surface area contributed by atoms with Gasteiger partial charge in [0.25, 0.3) is 0 Å². The van der Waals surface area contributed by atoms with Crippen molar-refractivity contribution in [2.24, 2.45) is 0 Å². The van der Waals surface area contributed by atoms with Crippen molar-refractivity contribution in [3.8, 4) is 23.0 Å². The molecular formula is C16H15FO4. The first-order valence-electron chi connectivity index (χ1n) is 6.25. The molecule has 0 saturated carbocycles. The number of carbonyl (C=O) groups is 1. The topological polar surface area (TPSA) is 44.8 Å². The van der Waals surface area contributed by atoms with E-state index in [2.05, 4.69) is 0 Å². The van der Waals surface area contributed by atoms with Crippen molar-refractivity contribution >= 4 is 5.78 Å². The number of carbonyl (C=O) groups excluding carboxylic acids is 1. The molecule has 0 saturated heterocycles. The van der Waals surface area contributed by atoms with Crippen LogP contribution in [0.1, 0.15) is 17.3 Å². The van der Waals surface area contributed by atoms with Gasteiger partial charge in [0, 0.05) is 18.2 Å². The van der Waals surface area contributed by atoms with E-state index in [9.17, 15) is 9.18 Å². The van der Waals surface area contributed by atoms with Crippen LogP contribution in [0.25, 0.3) is 0 Å². The van der Waals surface area contributed by atoms with Gasteiger partial charge in [-0.05, 0) is 19.1 Å². The van der Waals surface area contributed by atoms with Crippen LogP contribution in [0.3, 0.4) is 0 Å². The molecule has 0 fully saturated rings. The van der Waals surface area contributed by atoms with Crippen molar-refractivity contribution in [2.45, 2.75) is 6.92 Å². The number of hydrogen-bond donors (Lipinski definition) is 0. The van der Waals surface area contributed by atoms with Gasteiger partial charge in [-0.1, -0.05) is 6.07 Å². The maximum atomic E-state index is 13.9. The number of para-hydroxylation sites is 1. The van der Waals surface area contributed by atoms with Gasteiger partial charge in [-0.3, -0.25) is 4.79 Å². The van der Waals surface area contributed by atoms with Crippen LogP contribution in [0.5, 0.6) is 23.0 Å². The highest BCUT2D eigenvalue weighted by molar-refractivity contribution is 5.96. The molecule has 21 heavy (non-hydrogen) atoms. The monoisotopic (exact) mass is 290 g/mol. The molecule has 0 N–H and O–H groups in total. The van der Waals surface area contributed by atoms with E-state index in [1.165, 1.54) is 39.3 Å². The Morgan fingerprint density at radius 1 is 1.00 bits per heavy atom. The number of ketones is 1. The number of Topliss-reactive ketones (excluding diaryl/α,β-unsaturated/α-hetero) is 1. The lowest BCUT2D eigenvalue weighted by molar-refractivity contribution is 0.101. The Bertz CT molecular complexity index is 645. The van der Waals surface area contributed by atoms with Gasteiger partial charge in [-0.15, -0.1) is 0 Å². The van der Waals surface area contributed by atoms with Gasteiger partial charge in [0.2, 0.25) is 0 Å². The van der Waals surface area contributed by atoms with Gasteiger partial charge in [-0.2, -0.15) is 0 Å². The average molecular weight is 290 g/mol. The van der Waals surface area contributed by atoms with E-state index in [-0.39, 0.29) is 17.1 Å². The molecule has 0 radical (unpaired) electrons. The van der Waals surface area contributed by atoms with Crippen LogP contribution in [0.4, 0.5) is 4.39 Å². The van der Waals surface area contributed by atoms with E-state index in [0.717, 1.165) is 0 Å². The van der Waals surface area contributed by atoms with Crippen LogP contribution in [0.2, 0.25) is 0 Å². The van der Waals surface area contributed by atoms with E-state index in [0.29, 0.717) is 17.2 Å². The molecule has 0 aromatic heterocycles. The fourth-order valence-electron chi connectivity index (χ4n) is 1.85. The molecule has 4 nitrogen and oxygen atoms in total. The molecule has 0 heterocycles. The van der Waals surface area contributed by atoms with Crippen LogP contribution >= 0.6 is 0 Å². The maximum Gasteiger partial charge on any atom is 0.173 e. The third kappa shape index (κ3) is 3.31. The number of hydrogen-bond acceptors (Lipinski definition) is 4. The molecule has 0 aliphatic rings. The lowest BCUT2D eigenvalue weighted by Crippen LogP contribution is -2.00. The standard InChI is InChI=1S/C16H15FO4/c1-10(18)14-5-4-6-15(17)16(14)21-13-8-11(19-2)7-12(9-13)20-3/h4-9H,1-3H3. The largest absolute Gasteiger partial charge is 0.496 e. The Morgan fingerprint density at radius 3 is 2.10 bits per heavy atom. The van der Waals surface area contributed by atoms with E-state index >= 15 is 0 Å². The molecule has 2 aromatic rings. The Labute approximate surface area is 122 Å². The number of rotatable bonds is 5. The van der Waals surface area contributed by atoms with Crippen molar-refractivity contribution in [1.29, 1.82) is 0 Å². The summed E-state index contributed by atoms with van der Waals surface area (Å²) >= 11 is 0. The van der Waals surface area contributed by atoms with Crippen molar-refractivity contribution < 1.29 is 23.4 Å². The lowest BCUT2D eigenvalue weighted by atomic mass is 10.1. The van der Waals surface area contributed by atoms with Crippen LogP contribution in [-0.4, -0.2) is 20.0 Å². The number of benzene rings is 2. The second-order valence-corrected chi connectivity index (χ2v) is 4.32. The van der Waals surface area contributed by atoms with Gasteiger partial charge in [0.05, 0.1) is 19.8 Å². The van der Waals surface area contributed by atoms with Crippen molar-refractivity contribution in [3.05, 3.63) is 47.8 Å². The minimum Gasteiger partial charge on any atom is -0.496 e. The van der Waals surface area contributed by atoms with Crippen LogP contribution in [0.15, 0.2) is 36.4 Å². The summed E-state index contributed by atoms with van der Waals surface area (Å²) in [5, 5.41) is 0. The lowest BCUT2D eigenvalue weighted by Gasteiger charge is -2.12. The second kappa shape index (κ2) is 6.26. The van der Waals surface area contributed by atoms with E-state index < -0.39 is 5.82 Å². The number of halogens is 1. The summed E-state index contributed by atoms with van der Waals surface area (Å²) in [6.45, 7) is 1.35. The molecule has 0 atom stereocenters. The minimum atomic E-state index is -0.607. The highest BCUT2D eigenvalue weighted by Gasteiger charge is 2.15. The molecule has 0 unspecified atom stereocenters. The second-order valence-electron chi connectivity index (χ2n) is 4.32. The summed E-state index contributed by atoms with van der Waals surface area (Å²) in [6.07, 6.45) is 0. The first-order valence-corrected chi connectivity index (χ1v) is 6.25. The minimum absolute atomic E-state index is 0.111. The van der Waals surface area contributed by atoms with Crippen LogP contribution in [0, 0.1) is 5.82 Å². The molecule has 2 aromatic carbocycles. The Hall–Kier alpha value is -2.56. The van der Waals surface area contributed by atoms with Crippen molar-refractivity contribution in [2.75, 3.05) is 14.2 Å². The van der Waals surface area contributed by atoms with Gasteiger partial charge in [-0.25, -0.2) is 4.39 Å².